The van der Waals surface area contributed by atoms with E-state index in [9.17, 15) is 0 Å². The molecule has 1 aliphatic carbocycles. The van der Waals surface area contributed by atoms with Crippen LogP contribution in [0.5, 0.6) is 0 Å². The molecule has 2 nitrogen and oxygen atoms in total. The lowest BCUT2D eigenvalue weighted by Gasteiger charge is -2.03. The van der Waals surface area contributed by atoms with Crippen LogP contribution in [0.1, 0.15) is 19.4 Å². The van der Waals surface area contributed by atoms with E-state index in [1.807, 2.05) is 12.1 Å². The highest BCUT2D eigenvalue weighted by atomic mass is 35.5. The predicted octanol–water partition coefficient (Wildman–Crippen LogP) is 4.59. The van der Waals surface area contributed by atoms with Crippen molar-refractivity contribution in [3.05, 3.63) is 26.9 Å². The summed E-state index contributed by atoms with van der Waals surface area (Å²) in [7, 11) is 0. The molecule has 0 bridgehead atoms. The average molecular weight is 273 g/mol. The van der Waals surface area contributed by atoms with Crippen molar-refractivity contribution in [1.82, 2.24) is 9.55 Å². The second-order valence-electron chi connectivity index (χ2n) is 4.36. The van der Waals surface area contributed by atoms with Crippen LogP contribution in [-0.2, 0) is 0 Å². The smallest absolute Gasteiger partial charge is 0.178 e. The summed E-state index contributed by atoms with van der Waals surface area (Å²) in [6, 6.07) is 4.23. The first-order valence-electron chi connectivity index (χ1n) is 5.17. The SMILES string of the molecule is CC1CC1n1c(=S)[nH]c2cc(Cl)c(Cl)cc21. The fourth-order valence-corrected chi connectivity index (χ4v) is 2.78. The first-order chi connectivity index (χ1) is 7.58. The van der Waals surface area contributed by atoms with Crippen molar-refractivity contribution in [3.8, 4) is 0 Å². The largest absolute Gasteiger partial charge is 0.331 e. The standard InChI is InChI=1S/C11H10Cl2N2S/c1-5-2-9(5)15-10-4-7(13)6(12)3-8(10)14-11(15)16/h3-5,9H,2H2,1H3,(H,14,16). The topological polar surface area (TPSA) is 20.7 Å². The van der Waals surface area contributed by atoms with E-state index in [0.717, 1.165) is 15.8 Å². The van der Waals surface area contributed by atoms with E-state index in [-0.39, 0.29) is 0 Å². The minimum Gasteiger partial charge on any atom is -0.331 e. The number of nitrogens with zero attached hydrogens (tertiary/aromatic N) is 1. The monoisotopic (exact) mass is 272 g/mol. The van der Waals surface area contributed by atoms with Crippen LogP contribution in [0.2, 0.25) is 10.0 Å². The number of fused-ring (bicyclic) bond motifs is 1. The molecule has 1 N–H and O–H groups in total. The summed E-state index contributed by atoms with van der Waals surface area (Å²) in [4.78, 5) is 3.17. The molecule has 5 heteroatoms. The highest BCUT2D eigenvalue weighted by molar-refractivity contribution is 7.71. The van der Waals surface area contributed by atoms with Crippen molar-refractivity contribution in [2.24, 2.45) is 5.92 Å². The number of aromatic amines is 1. The van der Waals surface area contributed by atoms with Crippen LogP contribution in [0.25, 0.3) is 11.0 Å². The van der Waals surface area contributed by atoms with Crippen molar-refractivity contribution < 1.29 is 0 Å². The van der Waals surface area contributed by atoms with Gasteiger partial charge in [-0.2, -0.15) is 0 Å². The second-order valence-corrected chi connectivity index (χ2v) is 5.57. The Morgan fingerprint density at radius 1 is 1.38 bits per heavy atom. The highest BCUT2D eigenvalue weighted by Crippen LogP contribution is 2.45. The highest BCUT2D eigenvalue weighted by Gasteiger charge is 2.35. The van der Waals surface area contributed by atoms with E-state index in [1.165, 1.54) is 6.42 Å². The molecule has 16 heavy (non-hydrogen) atoms. The molecule has 1 heterocycles. The van der Waals surface area contributed by atoms with Gasteiger partial charge in [-0.05, 0) is 36.7 Å². The average Bonchev–Trinajstić information content (AvgIpc) is 2.82. The van der Waals surface area contributed by atoms with Crippen LogP contribution in [-0.4, -0.2) is 9.55 Å². The molecule has 1 saturated carbocycles. The van der Waals surface area contributed by atoms with Crippen LogP contribution in [0.3, 0.4) is 0 Å². The Kier molecular flexibility index (Phi) is 2.32. The van der Waals surface area contributed by atoms with Crippen molar-refractivity contribution in [2.45, 2.75) is 19.4 Å². The van der Waals surface area contributed by atoms with Gasteiger partial charge in [0.15, 0.2) is 4.77 Å². The van der Waals surface area contributed by atoms with Crippen LogP contribution in [0.4, 0.5) is 0 Å². The molecule has 1 aromatic carbocycles. The molecule has 1 fully saturated rings. The summed E-state index contributed by atoms with van der Waals surface area (Å²) < 4.78 is 2.90. The van der Waals surface area contributed by atoms with Crippen LogP contribution < -0.4 is 0 Å². The number of hydrogen-bond donors (Lipinski definition) is 1. The van der Waals surface area contributed by atoms with Gasteiger partial charge in [0.2, 0.25) is 0 Å². The van der Waals surface area contributed by atoms with Crippen LogP contribution in [0, 0.1) is 10.7 Å². The first-order valence-corrected chi connectivity index (χ1v) is 6.33. The summed E-state index contributed by atoms with van der Waals surface area (Å²) in [5.41, 5.74) is 2.01. The molecule has 0 amide bonds. The molecule has 2 unspecified atom stereocenters. The predicted molar refractivity (Wildman–Crippen MR) is 70.0 cm³/mol. The zero-order valence-electron chi connectivity index (χ0n) is 8.63. The summed E-state index contributed by atoms with van der Waals surface area (Å²) >= 11 is 17.3. The van der Waals surface area contributed by atoms with Crippen molar-refractivity contribution in [1.29, 1.82) is 0 Å². The number of benzene rings is 1. The Morgan fingerprint density at radius 2 is 2.00 bits per heavy atom. The Bertz CT molecular complexity index is 629. The minimum absolute atomic E-state index is 0.512. The van der Waals surface area contributed by atoms with Gasteiger partial charge in [0, 0.05) is 6.04 Å². The molecule has 3 rings (SSSR count). The molecule has 2 atom stereocenters. The Hall–Kier alpha value is -0.510. The summed E-state index contributed by atoms with van der Waals surface area (Å²) in [5.74, 6) is 0.695. The van der Waals surface area contributed by atoms with E-state index in [4.69, 9.17) is 35.4 Å². The molecular weight excluding hydrogens is 263 g/mol. The minimum atomic E-state index is 0.512. The van der Waals surface area contributed by atoms with Gasteiger partial charge in [-0.3, -0.25) is 0 Å². The maximum absolute atomic E-state index is 6.04. The van der Waals surface area contributed by atoms with Gasteiger partial charge in [0.05, 0.1) is 21.1 Å². The van der Waals surface area contributed by atoms with Gasteiger partial charge >= 0.3 is 0 Å². The van der Waals surface area contributed by atoms with Crippen molar-refractivity contribution in [2.75, 3.05) is 0 Å². The number of hydrogen-bond acceptors (Lipinski definition) is 1. The lowest BCUT2D eigenvalue weighted by molar-refractivity contribution is 0.695. The second kappa shape index (κ2) is 3.49. The Balaban J connectivity index is 2.31. The van der Waals surface area contributed by atoms with Crippen LogP contribution >= 0.6 is 35.4 Å². The van der Waals surface area contributed by atoms with E-state index >= 15 is 0 Å². The fourth-order valence-electron chi connectivity index (χ4n) is 2.11. The van der Waals surface area contributed by atoms with Gasteiger partial charge < -0.3 is 9.55 Å². The normalized spacial score (nSPS) is 23.9. The number of halogens is 2. The molecule has 0 radical (unpaired) electrons. The number of H-pyrrole nitrogens is 1. The van der Waals surface area contributed by atoms with Gasteiger partial charge in [0.1, 0.15) is 0 Å². The van der Waals surface area contributed by atoms with E-state index in [2.05, 4.69) is 16.5 Å². The van der Waals surface area contributed by atoms with E-state index < -0.39 is 0 Å². The maximum atomic E-state index is 6.04. The third-order valence-corrected chi connectivity index (χ3v) is 4.18. The molecular formula is C11H10Cl2N2S. The Labute approximate surface area is 108 Å². The molecule has 0 aliphatic heterocycles. The van der Waals surface area contributed by atoms with Gasteiger partial charge in [-0.25, -0.2) is 0 Å². The summed E-state index contributed by atoms with van der Waals surface area (Å²) in [6.45, 7) is 2.22. The number of nitrogens with one attached hydrogen (secondary N) is 1. The molecule has 1 aliphatic rings. The molecule has 2 aromatic rings. The third kappa shape index (κ3) is 1.50. The maximum Gasteiger partial charge on any atom is 0.178 e. The zero-order valence-corrected chi connectivity index (χ0v) is 11.0. The number of aromatic nitrogens is 2. The number of rotatable bonds is 1. The molecule has 0 spiro atoms. The fraction of sp³-hybridized carbons (Fsp3) is 0.364. The Morgan fingerprint density at radius 3 is 2.62 bits per heavy atom. The quantitative estimate of drug-likeness (QED) is 0.754. The molecule has 1 aromatic heterocycles. The lowest BCUT2D eigenvalue weighted by Crippen LogP contribution is -1.94. The van der Waals surface area contributed by atoms with E-state index in [0.29, 0.717) is 22.0 Å². The van der Waals surface area contributed by atoms with Crippen molar-refractivity contribution in [3.63, 3.8) is 0 Å². The van der Waals surface area contributed by atoms with Crippen LogP contribution in [0.15, 0.2) is 12.1 Å². The third-order valence-electron chi connectivity index (χ3n) is 3.16. The lowest BCUT2D eigenvalue weighted by atomic mass is 10.3. The summed E-state index contributed by atoms with van der Waals surface area (Å²) in [6.07, 6.45) is 1.18. The number of imidazole rings is 1. The molecule has 84 valence electrons. The molecule has 0 saturated heterocycles. The zero-order chi connectivity index (χ0) is 11.4. The first kappa shape index (κ1) is 10.6. The van der Waals surface area contributed by atoms with Gasteiger partial charge in [0.25, 0.3) is 0 Å². The van der Waals surface area contributed by atoms with Gasteiger partial charge in [-0.1, -0.05) is 30.1 Å². The van der Waals surface area contributed by atoms with E-state index in [1.54, 1.807) is 0 Å². The summed E-state index contributed by atoms with van der Waals surface area (Å²) in [5, 5.41) is 1.13. The van der Waals surface area contributed by atoms with Gasteiger partial charge in [-0.15, -0.1) is 0 Å². The van der Waals surface area contributed by atoms with Crippen molar-refractivity contribution >= 4 is 46.5 Å².